The number of alkyl halides is 1. The van der Waals surface area contributed by atoms with Crippen molar-refractivity contribution in [2.24, 2.45) is 5.84 Å². The number of nitrogens with zero attached hydrogens (tertiary/aromatic N) is 1. The van der Waals surface area contributed by atoms with Crippen molar-refractivity contribution in [2.45, 2.75) is 49.9 Å². The third-order valence-electron chi connectivity index (χ3n) is 4.39. The Balaban J connectivity index is 0.00000162. The van der Waals surface area contributed by atoms with Crippen molar-refractivity contribution in [3.63, 3.8) is 0 Å². The first-order valence-corrected chi connectivity index (χ1v) is 7.01. The second kappa shape index (κ2) is 5.14. The van der Waals surface area contributed by atoms with Gasteiger partial charge in [0.15, 0.2) is 0 Å². The standard InChI is InChI=1S/C14H21BrN2.BrH/c1-10(15)9-14(4)13(2,3)11-7-5-6-8-12(11)17(14)16;/h5-8,10H,9,16H2,1-4H3;1H. The number of halogens is 2. The van der Waals surface area contributed by atoms with E-state index in [0.717, 1.165) is 12.1 Å². The Morgan fingerprint density at radius 1 is 1.28 bits per heavy atom. The molecule has 2 N–H and O–H groups in total. The fraction of sp³-hybridized carbons (Fsp3) is 0.571. The first kappa shape index (κ1) is 16.0. The lowest BCUT2D eigenvalue weighted by Crippen LogP contribution is -2.57. The number of benzene rings is 1. The van der Waals surface area contributed by atoms with Gasteiger partial charge in [-0.15, -0.1) is 17.0 Å². The van der Waals surface area contributed by atoms with Crippen LogP contribution >= 0.6 is 32.9 Å². The van der Waals surface area contributed by atoms with Crippen LogP contribution in [0.2, 0.25) is 0 Å². The van der Waals surface area contributed by atoms with Gasteiger partial charge in [-0.25, -0.2) is 5.84 Å². The van der Waals surface area contributed by atoms with Crippen LogP contribution in [0.1, 0.15) is 39.7 Å². The lowest BCUT2D eigenvalue weighted by atomic mass is 9.69. The maximum Gasteiger partial charge on any atom is 0.0635 e. The van der Waals surface area contributed by atoms with Crippen LogP contribution in [-0.4, -0.2) is 10.4 Å². The molecular weight excluding hydrogens is 356 g/mol. The van der Waals surface area contributed by atoms with Crippen molar-refractivity contribution >= 4 is 38.6 Å². The summed E-state index contributed by atoms with van der Waals surface area (Å²) in [6.45, 7) is 9.01. The minimum Gasteiger partial charge on any atom is -0.304 e. The number of hydrogen-bond donors (Lipinski definition) is 1. The summed E-state index contributed by atoms with van der Waals surface area (Å²) in [6, 6.07) is 8.45. The Morgan fingerprint density at radius 2 is 1.83 bits per heavy atom. The van der Waals surface area contributed by atoms with E-state index in [0.29, 0.717) is 4.83 Å². The predicted molar refractivity (Wildman–Crippen MR) is 87.9 cm³/mol. The highest BCUT2D eigenvalue weighted by Crippen LogP contribution is 2.52. The molecule has 0 saturated carbocycles. The van der Waals surface area contributed by atoms with Gasteiger partial charge >= 0.3 is 0 Å². The van der Waals surface area contributed by atoms with E-state index in [1.807, 2.05) is 5.01 Å². The van der Waals surface area contributed by atoms with Gasteiger partial charge in [0.1, 0.15) is 0 Å². The summed E-state index contributed by atoms with van der Waals surface area (Å²) < 4.78 is 0. The zero-order chi connectivity index (χ0) is 12.8. The molecule has 0 spiro atoms. The average Bonchev–Trinajstić information content (AvgIpc) is 2.39. The number of anilines is 1. The number of para-hydroxylation sites is 1. The van der Waals surface area contributed by atoms with Crippen LogP contribution < -0.4 is 10.9 Å². The summed E-state index contributed by atoms with van der Waals surface area (Å²) in [5.41, 5.74) is 2.51. The number of rotatable bonds is 2. The molecule has 102 valence electrons. The van der Waals surface area contributed by atoms with Gasteiger partial charge in [-0.3, -0.25) is 0 Å². The number of nitrogens with two attached hydrogens (primary N) is 1. The van der Waals surface area contributed by atoms with Gasteiger partial charge in [0.25, 0.3) is 0 Å². The molecule has 0 amide bonds. The second-order valence-corrected chi connectivity index (χ2v) is 7.33. The van der Waals surface area contributed by atoms with Crippen molar-refractivity contribution in [3.05, 3.63) is 29.8 Å². The van der Waals surface area contributed by atoms with Crippen LogP contribution in [0.15, 0.2) is 24.3 Å². The Hall–Kier alpha value is -0.0600. The minimum absolute atomic E-state index is 0. The molecule has 0 bridgehead atoms. The van der Waals surface area contributed by atoms with E-state index in [9.17, 15) is 0 Å². The number of fused-ring (bicyclic) bond motifs is 1. The van der Waals surface area contributed by atoms with Gasteiger partial charge in [0.2, 0.25) is 0 Å². The van der Waals surface area contributed by atoms with Gasteiger partial charge in [0, 0.05) is 10.2 Å². The van der Waals surface area contributed by atoms with E-state index in [1.165, 1.54) is 5.56 Å². The maximum absolute atomic E-state index is 6.36. The van der Waals surface area contributed by atoms with Gasteiger partial charge in [-0.2, -0.15) is 0 Å². The quantitative estimate of drug-likeness (QED) is 0.619. The second-order valence-electron chi connectivity index (χ2n) is 5.77. The van der Waals surface area contributed by atoms with Crippen LogP contribution in [-0.2, 0) is 5.41 Å². The number of hydrogen-bond acceptors (Lipinski definition) is 2. The highest BCUT2D eigenvalue weighted by atomic mass is 79.9. The Bertz CT molecular complexity index is 432. The summed E-state index contributed by atoms with van der Waals surface area (Å²) in [5.74, 6) is 6.36. The highest BCUT2D eigenvalue weighted by molar-refractivity contribution is 9.09. The van der Waals surface area contributed by atoms with E-state index in [1.54, 1.807) is 0 Å². The van der Waals surface area contributed by atoms with Gasteiger partial charge in [-0.05, 0) is 25.0 Å². The molecule has 2 nitrogen and oxygen atoms in total. The van der Waals surface area contributed by atoms with Crippen molar-refractivity contribution < 1.29 is 0 Å². The van der Waals surface area contributed by atoms with E-state index in [2.05, 4.69) is 67.9 Å². The molecule has 2 rings (SSSR count). The topological polar surface area (TPSA) is 29.3 Å². The van der Waals surface area contributed by atoms with E-state index in [-0.39, 0.29) is 27.9 Å². The van der Waals surface area contributed by atoms with Gasteiger partial charge in [-0.1, -0.05) is 54.9 Å². The molecule has 18 heavy (non-hydrogen) atoms. The normalized spacial score (nSPS) is 26.4. The maximum atomic E-state index is 6.36. The molecule has 2 atom stereocenters. The summed E-state index contributed by atoms with van der Waals surface area (Å²) in [4.78, 5) is 0.451. The van der Waals surface area contributed by atoms with Gasteiger partial charge in [0.05, 0.1) is 11.2 Å². The van der Waals surface area contributed by atoms with Crippen molar-refractivity contribution in [2.75, 3.05) is 5.01 Å². The lowest BCUT2D eigenvalue weighted by Gasteiger charge is -2.44. The lowest BCUT2D eigenvalue weighted by molar-refractivity contribution is 0.268. The van der Waals surface area contributed by atoms with Crippen molar-refractivity contribution in [3.8, 4) is 0 Å². The third-order valence-corrected chi connectivity index (χ3v) is 4.72. The molecule has 0 saturated heterocycles. The van der Waals surface area contributed by atoms with Crippen molar-refractivity contribution in [1.29, 1.82) is 0 Å². The molecule has 1 aliphatic rings. The van der Waals surface area contributed by atoms with Crippen LogP contribution in [0.25, 0.3) is 0 Å². The van der Waals surface area contributed by atoms with Crippen LogP contribution in [0.3, 0.4) is 0 Å². The largest absolute Gasteiger partial charge is 0.304 e. The smallest absolute Gasteiger partial charge is 0.0635 e. The SMILES string of the molecule is Br.CC(Br)CC1(C)N(N)c2ccccc2C1(C)C. The summed E-state index contributed by atoms with van der Waals surface area (Å²) >= 11 is 3.66. The van der Waals surface area contributed by atoms with Crippen LogP contribution in [0.4, 0.5) is 5.69 Å². The first-order valence-electron chi connectivity index (χ1n) is 6.09. The molecule has 0 aromatic heterocycles. The van der Waals surface area contributed by atoms with Gasteiger partial charge < -0.3 is 5.01 Å². The highest BCUT2D eigenvalue weighted by Gasteiger charge is 2.52. The molecule has 2 unspecified atom stereocenters. The van der Waals surface area contributed by atoms with Crippen LogP contribution in [0.5, 0.6) is 0 Å². The van der Waals surface area contributed by atoms with Crippen LogP contribution in [0, 0.1) is 0 Å². The molecule has 1 aromatic carbocycles. The van der Waals surface area contributed by atoms with Crippen molar-refractivity contribution in [1.82, 2.24) is 0 Å². The molecule has 0 radical (unpaired) electrons. The first-order chi connectivity index (χ1) is 7.80. The van der Waals surface area contributed by atoms with E-state index >= 15 is 0 Å². The molecule has 1 heterocycles. The fourth-order valence-electron chi connectivity index (χ4n) is 2.97. The Kier molecular flexibility index (Phi) is 4.57. The number of hydrazine groups is 1. The zero-order valence-electron chi connectivity index (χ0n) is 11.4. The molecule has 0 fully saturated rings. The van der Waals surface area contributed by atoms with E-state index < -0.39 is 0 Å². The molecule has 0 aliphatic carbocycles. The predicted octanol–water partition coefficient (Wildman–Crippen LogP) is 4.17. The summed E-state index contributed by atoms with van der Waals surface area (Å²) in [6.07, 6.45) is 1.02. The van der Waals surface area contributed by atoms with E-state index in [4.69, 9.17) is 5.84 Å². The molecule has 4 heteroatoms. The Morgan fingerprint density at radius 3 is 2.33 bits per heavy atom. The Labute approximate surface area is 129 Å². The minimum atomic E-state index is -0.0559. The summed E-state index contributed by atoms with van der Waals surface area (Å²) in [7, 11) is 0. The molecular formula is C14H22Br2N2. The zero-order valence-corrected chi connectivity index (χ0v) is 14.7. The molecule has 1 aromatic rings. The molecule has 1 aliphatic heterocycles. The monoisotopic (exact) mass is 376 g/mol. The third kappa shape index (κ3) is 2.12. The average molecular weight is 378 g/mol. The fourth-order valence-corrected chi connectivity index (χ4v) is 3.60. The summed E-state index contributed by atoms with van der Waals surface area (Å²) in [5, 5.41) is 1.96.